The zero-order valence-electron chi connectivity index (χ0n) is 13.4. The van der Waals surface area contributed by atoms with E-state index in [1.165, 1.54) is 18.5 Å². The lowest BCUT2D eigenvalue weighted by molar-refractivity contribution is 0.0978. The van der Waals surface area contributed by atoms with Crippen LogP contribution in [0.5, 0.6) is 0 Å². The summed E-state index contributed by atoms with van der Waals surface area (Å²) in [4.78, 5) is 14.7. The average Bonchev–Trinajstić information content (AvgIpc) is 3.12. The summed E-state index contributed by atoms with van der Waals surface area (Å²) in [6.07, 6.45) is 2.49. The van der Waals surface area contributed by atoms with Gasteiger partial charge in [-0.1, -0.05) is 11.6 Å². The summed E-state index contributed by atoms with van der Waals surface area (Å²) in [6.45, 7) is 2.22. The van der Waals surface area contributed by atoms with Crippen LogP contribution in [0.25, 0.3) is 0 Å². The highest BCUT2D eigenvalue weighted by atomic mass is 127. The lowest BCUT2D eigenvalue weighted by atomic mass is 10.2. The monoisotopic (exact) mass is 485 g/mol. The van der Waals surface area contributed by atoms with Gasteiger partial charge in [0.2, 0.25) is 0 Å². The summed E-state index contributed by atoms with van der Waals surface area (Å²) in [5.41, 5.74) is 2.45. The number of benzene rings is 2. The van der Waals surface area contributed by atoms with Gasteiger partial charge in [-0.15, -0.1) is 0 Å². The number of amides is 1. The number of hydrogen-bond acceptors (Lipinski definition) is 3. The molecule has 0 aromatic heterocycles. The van der Waals surface area contributed by atoms with Gasteiger partial charge in [0.1, 0.15) is 0 Å². The molecule has 130 valence electrons. The van der Waals surface area contributed by atoms with Gasteiger partial charge in [-0.25, -0.2) is 0 Å². The minimum atomic E-state index is -0.324. The first-order valence-electron chi connectivity index (χ1n) is 7.95. The van der Waals surface area contributed by atoms with Gasteiger partial charge in [-0.3, -0.25) is 10.1 Å². The largest absolute Gasteiger partial charge is 0.372 e. The molecule has 4 nitrogen and oxygen atoms in total. The van der Waals surface area contributed by atoms with Gasteiger partial charge < -0.3 is 10.2 Å². The van der Waals surface area contributed by atoms with Crippen LogP contribution < -0.4 is 15.5 Å². The molecule has 25 heavy (non-hydrogen) atoms. The second kappa shape index (κ2) is 8.33. The summed E-state index contributed by atoms with van der Waals surface area (Å²) >= 11 is 13.4. The topological polar surface area (TPSA) is 44.4 Å². The molecular weight excluding hydrogens is 469 g/mol. The Kier molecular flexibility index (Phi) is 6.14. The van der Waals surface area contributed by atoms with E-state index in [-0.39, 0.29) is 11.0 Å². The zero-order chi connectivity index (χ0) is 17.8. The van der Waals surface area contributed by atoms with Crippen LogP contribution in [0, 0.1) is 3.57 Å². The van der Waals surface area contributed by atoms with Crippen molar-refractivity contribution >= 4 is 68.8 Å². The molecule has 0 spiro atoms. The molecule has 2 aromatic rings. The van der Waals surface area contributed by atoms with Gasteiger partial charge in [-0.2, -0.15) is 0 Å². The van der Waals surface area contributed by atoms with Crippen molar-refractivity contribution in [2.45, 2.75) is 12.8 Å². The summed E-state index contributed by atoms with van der Waals surface area (Å²) < 4.78 is 0.934. The van der Waals surface area contributed by atoms with E-state index in [0.29, 0.717) is 10.6 Å². The van der Waals surface area contributed by atoms with Gasteiger partial charge in [0.05, 0.1) is 10.6 Å². The van der Waals surface area contributed by atoms with Crippen molar-refractivity contribution in [1.29, 1.82) is 0 Å². The first-order chi connectivity index (χ1) is 12.0. The van der Waals surface area contributed by atoms with Crippen molar-refractivity contribution in [2.75, 3.05) is 23.3 Å². The van der Waals surface area contributed by atoms with E-state index in [9.17, 15) is 4.79 Å². The Labute approximate surface area is 171 Å². The molecule has 7 heteroatoms. The van der Waals surface area contributed by atoms with Crippen molar-refractivity contribution in [2.24, 2.45) is 0 Å². The van der Waals surface area contributed by atoms with Crippen LogP contribution in [0.15, 0.2) is 42.5 Å². The lowest BCUT2D eigenvalue weighted by Crippen LogP contribution is -2.34. The number of nitrogens with one attached hydrogen (secondary N) is 2. The SMILES string of the molecule is O=C(NC(=S)Nc1ccc(N2CCCC2)cc1)c1cc(I)ccc1Cl. The van der Waals surface area contributed by atoms with Crippen molar-refractivity contribution in [3.05, 3.63) is 56.6 Å². The molecule has 1 aliphatic rings. The fraction of sp³-hybridized carbons (Fsp3) is 0.222. The van der Waals surface area contributed by atoms with Crippen molar-refractivity contribution in [3.63, 3.8) is 0 Å². The van der Waals surface area contributed by atoms with Gasteiger partial charge in [0, 0.05) is 28.0 Å². The van der Waals surface area contributed by atoms with Crippen LogP contribution in [0.2, 0.25) is 5.02 Å². The van der Waals surface area contributed by atoms with Gasteiger partial charge in [0.25, 0.3) is 5.91 Å². The lowest BCUT2D eigenvalue weighted by Gasteiger charge is -2.18. The Morgan fingerprint density at radius 2 is 1.80 bits per heavy atom. The third kappa shape index (κ3) is 4.83. The first kappa shape index (κ1) is 18.4. The van der Waals surface area contributed by atoms with Crippen LogP contribution in [-0.2, 0) is 0 Å². The van der Waals surface area contributed by atoms with Gasteiger partial charge in [0.15, 0.2) is 5.11 Å². The Bertz CT molecular complexity index is 791. The molecular formula is C18H17ClIN3OS. The molecule has 0 radical (unpaired) electrons. The summed E-state index contributed by atoms with van der Waals surface area (Å²) in [5.74, 6) is -0.324. The molecule has 2 N–H and O–H groups in total. The highest BCUT2D eigenvalue weighted by molar-refractivity contribution is 14.1. The second-order valence-corrected chi connectivity index (χ2v) is 7.83. The van der Waals surface area contributed by atoms with Crippen molar-refractivity contribution in [1.82, 2.24) is 5.32 Å². The predicted octanol–water partition coefficient (Wildman–Crippen LogP) is 4.67. The minimum Gasteiger partial charge on any atom is -0.372 e. The van der Waals surface area contributed by atoms with E-state index >= 15 is 0 Å². The fourth-order valence-electron chi connectivity index (χ4n) is 2.74. The molecule has 3 rings (SSSR count). The van der Waals surface area contributed by atoms with E-state index in [1.807, 2.05) is 18.2 Å². The Balaban J connectivity index is 1.60. The summed E-state index contributed by atoms with van der Waals surface area (Å²) in [7, 11) is 0. The molecule has 1 aliphatic heterocycles. The minimum absolute atomic E-state index is 0.244. The molecule has 2 aromatic carbocycles. The van der Waals surface area contributed by atoms with Crippen molar-refractivity contribution in [3.8, 4) is 0 Å². The van der Waals surface area contributed by atoms with Crippen LogP contribution in [-0.4, -0.2) is 24.1 Å². The Morgan fingerprint density at radius 3 is 2.48 bits per heavy atom. The number of anilines is 2. The molecule has 0 atom stereocenters. The molecule has 0 bridgehead atoms. The van der Waals surface area contributed by atoms with E-state index < -0.39 is 0 Å². The van der Waals surface area contributed by atoms with E-state index in [4.69, 9.17) is 23.8 Å². The number of halogens is 2. The molecule has 0 saturated carbocycles. The quantitative estimate of drug-likeness (QED) is 0.490. The summed E-state index contributed by atoms with van der Waals surface area (Å²) in [6, 6.07) is 13.3. The molecule has 1 saturated heterocycles. The van der Waals surface area contributed by atoms with Crippen LogP contribution in [0.3, 0.4) is 0 Å². The number of nitrogens with zero attached hydrogens (tertiary/aromatic N) is 1. The first-order valence-corrected chi connectivity index (χ1v) is 9.82. The van der Waals surface area contributed by atoms with Crippen molar-refractivity contribution < 1.29 is 4.79 Å². The van der Waals surface area contributed by atoms with E-state index in [1.54, 1.807) is 12.1 Å². The van der Waals surface area contributed by atoms with Crippen LogP contribution in [0.1, 0.15) is 23.2 Å². The molecule has 0 unspecified atom stereocenters. The van der Waals surface area contributed by atoms with E-state index in [2.05, 4.69) is 50.3 Å². The Morgan fingerprint density at radius 1 is 1.12 bits per heavy atom. The molecule has 1 heterocycles. The maximum atomic E-state index is 12.3. The third-order valence-corrected chi connectivity index (χ3v) is 5.20. The van der Waals surface area contributed by atoms with E-state index in [0.717, 1.165) is 22.3 Å². The highest BCUT2D eigenvalue weighted by Crippen LogP contribution is 2.22. The number of thiocarbonyl (C=S) groups is 1. The van der Waals surface area contributed by atoms with Gasteiger partial charge in [-0.05, 0) is 90.1 Å². The number of rotatable bonds is 3. The van der Waals surface area contributed by atoms with Crippen LogP contribution >= 0.6 is 46.4 Å². The highest BCUT2D eigenvalue weighted by Gasteiger charge is 2.14. The normalized spacial score (nSPS) is 13.6. The molecule has 1 fully saturated rings. The fourth-order valence-corrected chi connectivity index (χ4v) is 3.64. The average molecular weight is 486 g/mol. The van der Waals surface area contributed by atoms with Crippen LogP contribution in [0.4, 0.5) is 11.4 Å². The summed E-state index contributed by atoms with van der Waals surface area (Å²) in [5, 5.41) is 6.34. The zero-order valence-corrected chi connectivity index (χ0v) is 17.1. The Hall–Kier alpha value is -1.38. The van der Waals surface area contributed by atoms with Gasteiger partial charge >= 0.3 is 0 Å². The number of carbonyl (C=O) groups excluding carboxylic acids is 1. The molecule has 1 amide bonds. The number of hydrogen-bond donors (Lipinski definition) is 2. The second-order valence-electron chi connectivity index (χ2n) is 5.77. The number of carbonyl (C=O) groups is 1. The smallest absolute Gasteiger partial charge is 0.258 e. The maximum absolute atomic E-state index is 12.3. The predicted molar refractivity (Wildman–Crippen MR) is 116 cm³/mol. The maximum Gasteiger partial charge on any atom is 0.258 e. The third-order valence-electron chi connectivity index (χ3n) is 4.00. The molecule has 0 aliphatic carbocycles. The standard InChI is InChI=1S/C18H17ClIN3OS/c19-16-8-3-12(20)11-15(16)17(24)22-18(25)21-13-4-6-14(7-5-13)23-9-1-2-10-23/h3-8,11H,1-2,9-10H2,(H2,21,22,24,25).